The molecule has 5 heterocycles. The van der Waals surface area contributed by atoms with Crippen LogP contribution in [0.4, 0.5) is 0 Å². The van der Waals surface area contributed by atoms with Crippen molar-refractivity contribution in [1.82, 2.24) is 34.9 Å². The fourth-order valence-corrected chi connectivity index (χ4v) is 13.6. The van der Waals surface area contributed by atoms with Gasteiger partial charge in [-0.25, -0.2) is 34.9 Å². The molecule has 0 fully saturated rings. The molecule has 0 atom stereocenters. The fraction of sp³-hybridized carbons (Fsp3) is 0. The van der Waals surface area contributed by atoms with Crippen molar-refractivity contribution in [3.8, 4) is 102 Å². The number of fused-ring (bicyclic) bond motifs is 12. The Balaban J connectivity index is 0.711. The molecule has 17 aromatic rings. The quantitative estimate of drug-likeness (QED) is 0.132. The van der Waals surface area contributed by atoms with Crippen LogP contribution in [0.15, 0.2) is 278 Å². The molecule has 0 aliphatic heterocycles. The van der Waals surface area contributed by atoms with Crippen LogP contribution in [0.3, 0.4) is 0 Å². The van der Waals surface area contributed by atoms with Gasteiger partial charge in [-0.3, -0.25) is 0 Å². The summed E-state index contributed by atoms with van der Waals surface area (Å²) >= 11 is 1.80. The van der Waals surface area contributed by atoms with Gasteiger partial charge < -0.3 is 4.42 Å². The highest BCUT2D eigenvalue weighted by Crippen LogP contribution is 2.46. The van der Waals surface area contributed by atoms with E-state index in [1.165, 1.54) is 58.9 Å². The van der Waals surface area contributed by atoms with E-state index in [2.05, 4.69) is 176 Å². The summed E-state index contributed by atoms with van der Waals surface area (Å²) in [5, 5.41) is 11.9. The van der Waals surface area contributed by atoms with Gasteiger partial charge in [-0.05, 0) is 102 Å². The maximum Gasteiger partial charge on any atom is 0.182 e. The lowest BCUT2D eigenvalue weighted by Gasteiger charge is -2.12. The van der Waals surface area contributed by atoms with Gasteiger partial charge in [0.1, 0.15) is 11.3 Å². The van der Waals surface area contributed by atoms with E-state index in [1.807, 2.05) is 91.0 Å². The summed E-state index contributed by atoms with van der Waals surface area (Å²) in [4.78, 5) is 35.3. The molecule has 0 aliphatic carbocycles. The standard InChI is InChI=1S/C77H45N7OS/c1-4-17-47(18-5-1)72-79-75(82-76(81-72)63-32-16-31-62-61-30-15-29-55(70(61)86-71(62)63)54-37-39-60-58-27-11-10-25-56(58)57-26-12-13-28-59(57)64(60)43-54)50-35-33-46(34-36-50)51-23-14-24-52(41-51)53-38-40-68-65(42-53)66-44-67(78-45-69(66)85-68)77-83-73(48-19-6-2-7-20-48)80-74(84-77)49-21-8-3-9-22-49/h1-45H. The monoisotopic (exact) mass is 1120 g/mol. The molecule has 5 aromatic heterocycles. The van der Waals surface area contributed by atoms with Crippen LogP contribution < -0.4 is 0 Å². The smallest absolute Gasteiger partial charge is 0.182 e. The molecule has 8 nitrogen and oxygen atoms in total. The molecular weight excluding hydrogens is 1070 g/mol. The number of furan rings is 1. The molecule has 400 valence electrons. The third kappa shape index (κ3) is 8.47. The van der Waals surface area contributed by atoms with Crippen LogP contribution in [0.25, 0.3) is 176 Å². The molecule has 12 aromatic carbocycles. The Bertz CT molecular complexity index is 5440. The molecule has 0 radical (unpaired) electrons. The van der Waals surface area contributed by atoms with Gasteiger partial charge in [-0.1, -0.05) is 231 Å². The average molecular weight is 1120 g/mol. The molecule has 0 saturated carbocycles. The molecule has 0 aliphatic rings. The SMILES string of the molecule is c1ccc(-c2nc(-c3ccccc3)nc(-c3cc4c(cn3)oc3ccc(-c5cccc(-c6ccc(-c7nc(-c8ccccc8)nc(-c8cccc9c8sc8c(-c%10ccc%11c%12ccccc%12c%12ccccc%12c%11c%10)cccc89)n7)cc6)c5)cc34)n2)cc1. The van der Waals surface area contributed by atoms with Crippen molar-refractivity contribution in [1.29, 1.82) is 0 Å². The third-order valence-corrected chi connectivity index (χ3v) is 17.7. The van der Waals surface area contributed by atoms with Crippen molar-refractivity contribution in [2.45, 2.75) is 0 Å². The van der Waals surface area contributed by atoms with Crippen LogP contribution in [-0.4, -0.2) is 34.9 Å². The molecule has 0 N–H and O–H groups in total. The lowest BCUT2D eigenvalue weighted by atomic mass is 9.92. The molecule has 0 spiro atoms. The van der Waals surface area contributed by atoms with Gasteiger partial charge in [0, 0.05) is 58.8 Å². The van der Waals surface area contributed by atoms with Crippen LogP contribution in [0, 0.1) is 0 Å². The summed E-state index contributed by atoms with van der Waals surface area (Å²) in [6.45, 7) is 0. The molecule has 17 rings (SSSR count). The van der Waals surface area contributed by atoms with Gasteiger partial charge in [-0.15, -0.1) is 11.3 Å². The maximum atomic E-state index is 6.38. The van der Waals surface area contributed by atoms with Gasteiger partial charge in [-0.2, -0.15) is 0 Å². The van der Waals surface area contributed by atoms with E-state index in [9.17, 15) is 0 Å². The van der Waals surface area contributed by atoms with Gasteiger partial charge in [0.05, 0.1) is 6.20 Å². The Labute approximate surface area is 497 Å². The zero-order valence-corrected chi connectivity index (χ0v) is 46.7. The average Bonchev–Trinajstić information content (AvgIpc) is 4.17. The Morgan fingerprint density at radius 2 is 0.628 bits per heavy atom. The minimum Gasteiger partial charge on any atom is -0.454 e. The predicted molar refractivity (Wildman–Crippen MR) is 353 cm³/mol. The summed E-state index contributed by atoms with van der Waals surface area (Å²) in [5.41, 5.74) is 13.3. The zero-order chi connectivity index (χ0) is 56.7. The van der Waals surface area contributed by atoms with E-state index in [0.717, 1.165) is 71.1 Å². The summed E-state index contributed by atoms with van der Waals surface area (Å²) in [6, 6.07) is 93.4. The van der Waals surface area contributed by atoms with Crippen molar-refractivity contribution >= 4 is 85.8 Å². The van der Waals surface area contributed by atoms with Crippen molar-refractivity contribution in [2.75, 3.05) is 0 Å². The molecule has 0 amide bonds. The van der Waals surface area contributed by atoms with Crippen LogP contribution in [0.5, 0.6) is 0 Å². The lowest BCUT2D eigenvalue weighted by molar-refractivity contribution is 0.667. The normalized spacial score (nSPS) is 11.7. The van der Waals surface area contributed by atoms with E-state index in [-0.39, 0.29) is 0 Å². The number of hydrogen-bond acceptors (Lipinski definition) is 9. The van der Waals surface area contributed by atoms with E-state index in [4.69, 9.17) is 39.3 Å². The first kappa shape index (κ1) is 49.2. The van der Waals surface area contributed by atoms with Crippen molar-refractivity contribution in [3.05, 3.63) is 273 Å². The van der Waals surface area contributed by atoms with Gasteiger partial charge in [0.2, 0.25) is 0 Å². The largest absolute Gasteiger partial charge is 0.454 e. The summed E-state index contributed by atoms with van der Waals surface area (Å²) < 4.78 is 8.74. The van der Waals surface area contributed by atoms with E-state index in [1.54, 1.807) is 17.5 Å². The summed E-state index contributed by atoms with van der Waals surface area (Å²) in [5.74, 6) is 3.49. The first-order valence-electron chi connectivity index (χ1n) is 28.6. The number of pyridine rings is 1. The highest BCUT2D eigenvalue weighted by molar-refractivity contribution is 7.26. The number of benzene rings is 12. The number of hydrogen-bond donors (Lipinski definition) is 0. The van der Waals surface area contributed by atoms with Gasteiger partial charge in [0.15, 0.2) is 40.5 Å². The Hall–Kier alpha value is -11.4. The molecule has 9 heteroatoms. The summed E-state index contributed by atoms with van der Waals surface area (Å²) in [6.07, 6.45) is 1.76. The zero-order valence-electron chi connectivity index (χ0n) is 45.9. The van der Waals surface area contributed by atoms with Crippen LogP contribution in [-0.2, 0) is 0 Å². The molecule has 86 heavy (non-hydrogen) atoms. The minimum atomic E-state index is 0.483. The topological polar surface area (TPSA) is 103 Å². The maximum absolute atomic E-state index is 6.38. The third-order valence-electron chi connectivity index (χ3n) is 16.4. The van der Waals surface area contributed by atoms with Crippen molar-refractivity contribution in [2.24, 2.45) is 0 Å². The van der Waals surface area contributed by atoms with Crippen LogP contribution >= 0.6 is 11.3 Å². The molecule has 0 saturated heterocycles. The van der Waals surface area contributed by atoms with Crippen LogP contribution in [0.1, 0.15) is 0 Å². The second-order valence-electron chi connectivity index (χ2n) is 21.6. The Morgan fingerprint density at radius 1 is 0.233 bits per heavy atom. The highest BCUT2D eigenvalue weighted by atomic mass is 32.1. The highest BCUT2D eigenvalue weighted by Gasteiger charge is 2.21. The fourth-order valence-electron chi connectivity index (χ4n) is 12.2. The number of rotatable bonds is 9. The first-order chi connectivity index (χ1) is 42.6. The number of aromatic nitrogens is 7. The molecule has 0 unspecified atom stereocenters. The second kappa shape index (κ2) is 20.2. The lowest BCUT2D eigenvalue weighted by Crippen LogP contribution is -2.01. The van der Waals surface area contributed by atoms with Gasteiger partial charge >= 0.3 is 0 Å². The number of nitrogens with zero attached hydrogens (tertiary/aromatic N) is 7. The van der Waals surface area contributed by atoms with E-state index in [0.29, 0.717) is 46.2 Å². The molecule has 0 bridgehead atoms. The van der Waals surface area contributed by atoms with Crippen molar-refractivity contribution < 1.29 is 4.42 Å². The van der Waals surface area contributed by atoms with Gasteiger partial charge in [0.25, 0.3) is 0 Å². The first-order valence-corrected chi connectivity index (χ1v) is 29.4. The van der Waals surface area contributed by atoms with Crippen molar-refractivity contribution in [3.63, 3.8) is 0 Å². The minimum absolute atomic E-state index is 0.483. The predicted octanol–water partition coefficient (Wildman–Crippen LogP) is 20.2. The van der Waals surface area contributed by atoms with Crippen LogP contribution in [0.2, 0.25) is 0 Å². The summed E-state index contributed by atoms with van der Waals surface area (Å²) in [7, 11) is 0. The Kier molecular flexibility index (Phi) is 11.6. The van der Waals surface area contributed by atoms with E-state index < -0.39 is 0 Å². The molecular formula is C77H45N7OS. The Morgan fingerprint density at radius 3 is 1.23 bits per heavy atom. The number of thiophene rings is 1. The second-order valence-corrected chi connectivity index (χ2v) is 22.6. The van der Waals surface area contributed by atoms with E-state index >= 15 is 0 Å².